The Hall–Kier alpha value is -2.25. The Balaban J connectivity index is 1.59. The molecule has 1 aromatic carbocycles. The molecule has 0 amide bonds. The van der Waals surface area contributed by atoms with Crippen LogP contribution < -0.4 is 10.6 Å². The van der Waals surface area contributed by atoms with Gasteiger partial charge < -0.3 is 15.2 Å². The van der Waals surface area contributed by atoms with Crippen molar-refractivity contribution in [2.75, 3.05) is 11.4 Å². The summed E-state index contributed by atoms with van der Waals surface area (Å²) in [5.41, 5.74) is 7.65. The third kappa shape index (κ3) is 2.73. The van der Waals surface area contributed by atoms with Gasteiger partial charge in [-0.05, 0) is 18.4 Å². The summed E-state index contributed by atoms with van der Waals surface area (Å²) in [7, 11) is 0. The average Bonchev–Trinajstić information content (AvgIpc) is 3.33. The summed E-state index contributed by atoms with van der Waals surface area (Å²) >= 11 is 1.64. The maximum Gasteiger partial charge on any atom is 0.249 e. The highest BCUT2D eigenvalue weighted by molar-refractivity contribution is 7.13. The lowest BCUT2D eigenvalue weighted by molar-refractivity contribution is 0.355. The van der Waals surface area contributed by atoms with Crippen molar-refractivity contribution in [1.29, 1.82) is 0 Å². The first kappa shape index (κ1) is 14.3. The summed E-state index contributed by atoms with van der Waals surface area (Å²) in [6, 6.07) is 8.05. The Morgan fingerprint density at radius 2 is 2.17 bits per heavy atom. The summed E-state index contributed by atoms with van der Waals surface area (Å²) in [5, 5.41) is 7.14. The van der Waals surface area contributed by atoms with Gasteiger partial charge in [0.1, 0.15) is 6.04 Å². The Morgan fingerprint density at radius 1 is 1.30 bits per heavy atom. The highest BCUT2D eigenvalue weighted by atomic mass is 32.1. The maximum absolute atomic E-state index is 5.63. The van der Waals surface area contributed by atoms with Crippen LogP contribution in [0.1, 0.15) is 30.3 Å². The molecule has 0 aliphatic carbocycles. The standard InChI is InChI=1S/C16H17N5OS/c17-10-11-3-5-12(6-4-11)14-19-15(22-20-14)13-2-1-8-21(13)16-18-7-9-23-16/h3-7,9,13H,1-2,8,10,17H2. The van der Waals surface area contributed by atoms with Crippen LogP contribution in [0.5, 0.6) is 0 Å². The van der Waals surface area contributed by atoms with Crippen molar-refractivity contribution < 1.29 is 4.52 Å². The fourth-order valence-corrected chi connectivity index (χ4v) is 3.61. The third-order valence-electron chi connectivity index (χ3n) is 4.09. The lowest BCUT2D eigenvalue weighted by Gasteiger charge is -2.20. The smallest absolute Gasteiger partial charge is 0.249 e. The molecule has 0 saturated carbocycles. The van der Waals surface area contributed by atoms with E-state index in [4.69, 9.17) is 10.3 Å². The zero-order chi connectivity index (χ0) is 15.6. The molecule has 3 heterocycles. The normalized spacial score (nSPS) is 17.8. The van der Waals surface area contributed by atoms with Crippen LogP contribution in [-0.2, 0) is 6.54 Å². The van der Waals surface area contributed by atoms with E-state index >= 15 is 0 Å². The van der Waals surface area contributed by atoms with Gasteiger partial charge in [0.2, 0.25) is 11.7 Å². The summed E-state index contributed by atoms with van der Waals surface area (Å²) in [6.45, 7) is 1.50. The predicted molar refractivity (Wildman–Crippen MR) is 89.1 cm³/mol. The van der Waals surface area contributed by atoms with Gasteiger partial charge in [-0.25, -0.2) is 4.98 Å². The van der Waals surface area contributed by atoms with Gasteiger partial charge in [-0.15, -0.1) is 11.3 Å². The summed E-state index contributed by atoms with van der Waals surface area (Å²) < 4.78 is 5.54. The van der Waals surface area contributed by atoms with Gasteiger partial charge in [-0.3, -0.25) is 0 Å². The zero-order valence-corrected chi connectivity index (χ0v) is 13.4. The second-order valence-electron chi connectivity index (χ2n) is 5.52. The monoisotopic (exact) mass is 327 g/mol. The van der Waals surface area contributed by atoms with Gasteiger partial charge in [-0.1, -0.05) is 29.4 Å². The minimum absolute atomic E-state index is 0.116. The van der Waals surface area contributed by atoms with Crippen molar-refractivity contribution in [3.05, 3.63) is 47.3 Å². The van der Waals surface area contributed by atoms with E-state index in [-0.39, 0.29) is 6.04 Å². The van der Waals surface area contributed by atoms with E-state index in [1.54, 1.807) is 11.3 Å². The number of aromatic nitrogens is 3. The molecule has 3 aromatic rings. The molecule has 7 heteroatoms. The Bertz CT molecular complexity index is 768. The molecule has 1 aliphatic heterocycles. The van der Waals surface area contributed by atoms with E-state index in [1.807, 2.05) is 35.8 Å². The minimum atomic E-state index is 0.116. The van der Waals surface area contributed by atoms with Crippen molar-refractivity contribution in [3.63, 3.8) is 0 Å². The lowest BCUT2D eigenvalue weighted by Crippen LogP contribution is -2.22. The molecule has 23 heavy (non-hydrogen) atoms. The van der Waals surface area contributed by atoms with Crippen LogP contribution in [0.2, 0.25) is 0 Å². The molecule has 2 N–H and O–H groups in total. The third-order valence-corrected chi connectivity index (χ3v) is 4.90. The molecular weight excluding hydrogens is 310 g/mol. The molecule has 0 spiro atoms. The van der Waals surface area contributed by atoms with Crippen LogP contribution >= 0.6 is 11.3 Å². The second-order valence-corrected chi connectivity index (χ2v) is 6.40. The number of hydrogen-bond donors (Lipinski definition) is 1. The van der Waals surface area contributed by atoms with Crippen molar-refractivity contribution in [3.8, 4) is 11.4 Å². The first-order chi connectivity index (χ1) is 11.3. The zero-order valence-electron chi connectivity index (χ0n) is 12.6. The van der Waals surface area contributed by atoms with Crippen molar-refractivity contribution in [2.24, 2.45) is 5.73 Å². The van der Waals surface area contributed by atoms with E-state index in [9.17, 15) is 0 Å². The molecule has 118 valence electrons. The first-order valence-corrected chi connectivity index (χ1v) is 8.52. The molecule has 1 aliphatic rings. The van der Waals surface area contributed by atoms with Gasteiger partial charge in [-0.2, -0.15) is 4.98 Å². The largest absolute Gasteiger partial charge is 0.337 e. The van der Waals surface area contributed by atoms with E-state index in [0.29, 0.717) is 18.3 Å². The Labute approximate surface area is 138 Å². The van der Waals surface area contributed by atoms with E-state index in [1.165, 1.54) is 0 Å². The fraction of sp³-hybridized carbons (Fsp3) is 0.312. The molecule has 1 fully saturated rings. The Kier molecular flexibility index (Phi) is 3.80. The van der Waals surface area contributed by atoms with Crippen LogP contribution in [0, 0.1) is 0 Å². The van der Waals surface area contributed by atoms with Gasteiger partial charge >= 0.3 is 0 Å². The molecule has 1 unspecified atom stereocenters. The summed E-state index contributed by atoms with van der Waals surface area (Å²) in [5.74, 6) is 1.28. The molecule has 4 rings (SSSR count). The number of rotatable bonds is 4. The number of anilines is 1. The number of benzene rings is 1. The molecule has 1 atom stereocenters. The minimum Gasteiger partial charge on any atom is -0.337 e. The van der Waals surface area contributed by atoms with Crippen molar-refractivity contribution in [2.45, 2.75) is 25.4 Å². The molecule has 0 bridgehead atoms. The number of nitrogens with two attached hydrogens (primary N) is 1. The van der Waals surface area contributed by atoms with E-state index in [2.05, 4.69) is 20.0 Å². The van der Waals surface area contributed by atoms with Gasteiger partial charge in [0.15, 0.2) is 5.13 Å². The van der Waals surface area contributed by atoms with Gasteiger partial charge in [0.25, 0.3) is 0 Å². The average molecular weight is 327 g/mol. The number of hydrogen-bond acceptors (Lipinski definition) is 7. The van der Waals surface area contributed by atoms with E-state index < -0.39 is 0 Å². The topological polar surface area (TPSA) is 81.1 Å². The summed E-state index contributed by atoms with van der Waals surface area (Å²) in [4.78, 5) is 11.3. The SMILES string of the molecule is NCc1ccc(-c2noc(C3CCCN3c3nccs3)n2)cc1. The van der Waals surface area contributed by atoms with Crippen LogP contribution in [0.15, 0.2) is 40.4 Å². The quantitative estimate of drug-likeness (QED) is 0.793. The maximum atomic E-state index is 5.63. The molecule has 1 saturated heterocycles. The van der Waals surface area contributed by atoms with Gasteiger partial charge in [0.05, 0.1) is 0 Å². The van der Waals surface area contributed by atoms with Crippen molar-refractivity contribution in [1.82, 2.24) is 15.1 Å². The molecular formula is C16H17N5OS. The molecule has 0 radical (unpaired) electrons. The molecule has 6 nitrogen and oxygen atoms in total. The van der Waals surface area contributed by atoms with Crippen molar-refractivity contribution >= 4 is 16.5 Å². The lowest BCUT2D eigenvalue weighted by atomic mass is 10.1. The first-order valence-electron chi connectivity index (χ1n) is 7.64. The van der Waals surface area contributed by atoms with Crippen LogP contribution in [0.3, 0.4) is 0 Å². The summed E-state index contributed by atoms with van der Waals surface area (Å²) in [6.07, 6.45) is 3.94. The number of nitrogens with zero attached hydrogens (tertiary/aromatic N) is 4. The number of thiazole rings is 1. The second kappa shape index (κ2) is 6.10. The van der Waals surface area contributed by atoms with E-state index in [0.717, 1.165) is 35.6 Å². The predicted octanol–water partition coefficient (Wildman–Crippen LogP) is 2.99. The van der Waals surface area contributed by atoms with Gasteiger partial charge in [0, 0.05) is 30.2 Å². The van der Waals surface area contributed by atoms with Crippen LogP contribution in [0.4, 0.5) is 5.13 Å². The highest BCUT2D eigenvalue weighted by Gasteiger charge is 2.32. The highest BCUT2D eigenvalue weighted by Crippen LogP contribution is 2.36. The van der Waals surface area contributed by atoms with Crippen LogP contribution in [-0.4, -0.2) is 21.7 Å². The van der Waals surface area contributed by atoms with Crippen LogP contribution in [0.25, 0.3) is 11.4 Å². The molecule has 2 aromatic heterocycles. The fourth-order valence-electron chi connectivity index (χ4n) is 2.89. The Morgan fingerprint density at radius 3 is 2.91 bits per heavy atom.